The number of carbonyl (C=O) groups excluding carboxylic acids is 3. The summed E-state index contributed by atoms with van der Waals surface area (Å²) in [5.41, 5.74) is 2.99. The Bertz CT molecular complexity index is 890. The van der Waals surface area contributed by atoms with Crippen molar-refractivity contribution < 1.29 is 19.1 Å². The Hall–Kier alpha value is -3.16. The van der Waals surface area contributed by atoms with E-state index >= 15 is 0 Å². The van der Waals surface area contributed by atoms with Gasteiger partial charge in [0.15, 0.2) is 6.10 Å². The van der Waals surface area contributed by atoms with Gasteiger partial charge >= 0.3 is 5.97 Å². The van der Waals surface area contributed by atoms with Crippen molar-refractivity contribution in [2.24, 2.45) is 0 Å². The molecule has 1 atom stereocenters. The van der Waals surface area contributed by atoms with Gasteiger partial charge in [0.05, 0.1) is 30.0 Å². The molecule has 0 aliphatic carbocycles. The quantitative estimate of drug-likeness (QED) is 0.810. The van der Waals surface area contributed by atoms with Crippen LogP contribution in [-0.2, 0) is 25.7 Å². The Morgan fingerprint density at radius 3 is 2.74 bits per heavy atom. The first-order chi connectivity index (χ1) is 12.8. The molecule has 1 aromatic heterocycles. The number of ether oxygens (including phenoxy) is 1. The lowest BCUT2D eigenvalue weighted by atomic mass is 10.1. The molecule has 3 rings (SSSR count). The van der Waals surface area contributed by atoms with E-state index in [2.05, 4.69) is 10.4 Å². The van der Waals surface area contributed by atoms with Crippen LogP contribution in [0.25, 0.3) is 0 Å². The first-order valence-corrected chi connectivity index (χ1v) is 8.76. The van der Waals surface area contributed by atoms with Gasteiger partial charge in [0.2, 0.25) is 5.91 Å². The van der Waals surface area contributed by atoms with E-state index in [1.807, 2.05) is 19.9 Å². The minimum Gasteiger partial charge on any atom is -0.452 e. The molecular formula is C19H22N4O4. The summed E-state index contributed by atoms with van der Waals surface area (Å²) in [5, 5.41) is 7.01. The van der Waals surface area contributed by atoms with Crippen LogP contribution < -0.4 is 10.2 Å². The summed E-state index contributed by atoms with van der Waals surface area (Å²) in [4.78, 5) is 38.1. The van der Waals surface area contributed by atoms with E-state index in [4.69, 9.17) is 4.74 Å². The van der Waals surface area contributed by atoms with Gasteiger partial charge in [-0.3, -0.25) is 24.0 Å². The second-order valence-electron chi connectivity index (χ2n) is 6.52. The zero-order chi connectivity index (χ0) is 19.6. The summed E-state index contributed by atoms with van der Waals surface area (Å²) in [7, 11) is 0. The van der Waals surface area contributed by atoms with Crippen LogP contribution in [0.1, 0.15) is 24.7 Å². The maximum Gasteiger partial charge on any atom is 0.308 e. The summed E-state index contributed by atoms with van der Waals surface area (Å²) in [6.45, 7) is 5.59. The Labute approximate surface area is 157 Å². The number of hydrogen-bond acceptors (Lipinski definition) is 5. The van der Waals surface area contributed by atoms with Gasteiger partial charge in [-0.2, -0.15) is 5.10 Å². The predicted molar refractivity (Wildman–Crippen MR) is 99.3 cm³/mol. The number of nitrogens with one attached hydrogen (secondary N) is 1. The number of hydrogen-bond donors (Lipinski definition) is 1. The molecule has 0 bridgehead atoms. The maximum atomic E-state index is 12.7. The van der Waals surface area contributed by atoms with E-state index in [0.717, 1.165) is 11.4 Å². The Morgan fingerprint density at radius 1 is 1.30 bits per heavy atom. The third kappa shape index (κ3) is 4.16. The number of amides is 2. The minimum absolute atomic E-state index is 0.108. The average Bonchev–Trinajstić information content (AvgIpc) is 2.95. The van der Waals surface area contributed by atoms with E-state index < -0.39 is 18.0 Å². The van der Waals surface area contributed by atoms with E-state index in [1.54, 1.807) is 28.9 Å². The summed E-state index contributed by atoms with van der Waals surface area (Å²) >= 11 is 0. The van der Waals surface area contributed by atoms with Crippen molar-refractivity contribution in [1.29, 1.82) is 0 Å². The molecule has 0 fully saturated rings. The van der Waals surface area contributed by atoms with Gasteiger partial charge < -0.3 is 10.1 Å². The van der Waals surface area contributed by atoms with Crippen molar-refractivity contribution in [3.63, 3.8) is 0 Å². The van der Waals surface area contributed by atoms with Crippen LogP contribution in [0.5, 0.6) is 0 Å². The Morgan fingerprint density at radius 2 is 2.04 bits per heavy atom. The van der Waals surface area contributed by atoms with Crippen molar-refractivity contribution in [3.05, 3.63) is 41.7 Å². The monoisotopic (exact) mass is 370 g/mol. The molecule has 8 heteroatoms. The summed E-state index contributed by atoms with van der Waals surface area (Å²) in [6.07, 6.45) is -0.881. The summed E-state index contributed by atoms with van der Waals surface area (Å²) in [5.74, 6) is -1.21. The summed E-state index contributed by atoms with van der Waals surface area (Å²) in [6, 6.07) is 8.94. The van der Waals surface area contributed by atoms with Crippen molar-refractivity contribution in [2.75, 3.05) is 16.8 Å². The fourth-order valence-electron chi connectivity index (χ4n) is 3.05. The third-order valence-electron chi connectivity index (χ3n) is 4.32. The smallest absolute Gasteiger partial charge is 0.308 e. The highest BCUT2D eigenvalue weighted by molar-refractivity contribution is 6.11. The second kappa shape index (κ2) is 7.61. The van der Waals surface area contributed by atoms with Crippen molar-refractivity contribution in [1.82, 2.24) is 9.78 Å². The molecule has 1 aromatic carbocycles. The second-order valence-corrected chi connectivity index (χ2v) is 6.52. The standard InChI is InChI=1S/C19H22N4O4/c1-12-10-13(2)23(21-12)9-8-18(25)27-14(3)19(26)22-11-17(24)20-15-6-4-5-7-16(15)22/h4-7,10,14H,8-9,11H2,1-3H3,(H,20,24). The molecule has 0 saturated heterocycles. The zero-order valence-electron chi connectivity index (χ0n) is 15.6. The van der Waals surface area contributed by atoms with Gasteiger partial charge in [0, 0.05) is 5.69 Å². The summed E-state index contributed by atoms with van der Waals surface area (Å²) < 4.78 is 7.01. The first kappa shape index (κ1) is 18.6. The number of nitrogens with zero attached hydrogens (tertiary/aromatic N) is 3. The molecule has 1 aliphatic rings. The zero-order valence-corrected chi connectivity index (χ0v) is 15.6. The van der Waals surface area contributed by atoms with Crippen molar-refractivity contribution in [2.45, 2.75) is 39.8 Å². The highest BCUT2D eigenvalue weighted by Gasteiger charge is 2.31. The highest BCUT2D eigenvalue weighted by Crippen LogP contribution is 2.29. The van der Waals surface area contributed by atoms with E-state index in [0.29, 0.717) is 17.9 Å². The molecule has 0 saturated carbocycles. The van der Waals surface area contributed by atoms with Crippen LogP contribution in [0.4, 0.5) is 11.4 Å². The van der Waals surface area contributed by atoms with Crippen molar-refractivity contribution >= 4 is 29.2 Å². The minimum atomic E-state index is -0.989. The lowest BCUT2D eigenvalue weighted by molar-refractivity contribution is -0.154. The molecule has 0 spiro atoms. The number of benzene rings is 1. The lowest BCUT2D eigenvalue weighted by Gasteiger charge is -2.30. The van der Waals surface area contributed by atoms with Crippen LogP contribution in [0.15, 0.2) is 30.3 Å². The first-order valence-electron chi connectivity index (χ1n) is 8.76. The molecule has 2 heterocycles. The fourth-order valence-corrected chi connectivity index (χ4v) is 3.05. The molecule has 142 valence electrons. The van der Waals surface area contributed by atoms with Crippen molar-refractivity contribution in [3.8, 4) is 0 Å². The number of rotatable bonds is 5. The normalized spacial score (nSPS) is 14.3. The number of carbonyl (C=O) groups is 3. The average molecular weight is 370 g/mol. The maximum absolute atomic E-state index is 12.7. The van der Waals surface area contributed by atoms with Gasteiger partial charge in [0.1, 0.15) is 6.54 Å². The molecule has 2 aromatic rings. The fraction of sp³-hybridized carbons (Fsp3) is 0.368. The number of esters is 1. The molecular weight excluding hydrogens is 348 g/mol. The van der Waals surface area contributed by atoms with Gasteiger partial charge in [-0.15, -0.1) is 0 Å². The Balaban J connectivity index is 1.61. The SMILES string of the molecule is Cc1cc(C)n(CCC(=O)OC(C)C(=O)N2CC(=O)Nc3ccccc32)n1. The van der Waals surface area contributed by atoms with E-state index in [1.165, 1.54) is 11.8 Å². The van der Waals surface area contributed by atoms with Crippen LogP contribution in [-0.4, -0.2) is 40.2 Å². The molecule has 8 nitrogen and oxygen atoms in total. The van der Waals surface area contributed by atoms with Gasteiger partial charge in [-0.1, -0.05) is 12.1 Å². The van der Waals surface area contributed by atoms with Gasteiger partial charge in [-0.05, 0) is 39.0 Å². The third-order valence-corrected chi connectivity index (χ3v) is 4.32. The molecule has 0 radical (unpaired) electrons. The number of anilines is 2. The van der Waals surface area contributed by atoms with Gasteiger partial charge in [0.25, 0.3) is 5.91 Å². The number of aryl methyl sites for hydroxylation is 3. The Kier molecular flexibility index (Phi) is 5.25. The molecule has 2 amide bonds. The number of aromatic nitrogens is 2. The van der Waals surface area contributed by atoms with Crippen LogP contribution in [0.2, 0.25) is 0 Å². The molecule has 1 N–H and O–H groups in total. The van der Waals surface area contributed by atoms with E-state index in [-0.39, 0.29) is 18.9 Å². The number of para-hydroxylation sites is 2. The largest absolute Gasteiger partial charge is 0.452 e. The van der Waals surface area contributed by atoms with Crippen LogP contribution >= 0.6 is 0 Å². The topological polar surface area (TPSA) is 93.5 Å². The highest BCUT2D eigenvalue weighted by atomic mass is 16.5. The van der Waals surface area contributed by atoms with Crippen LogP contribution in [0, 0.1) is 13.8 Å². The molecule has 1 unspecified atom stereocenters. The van der Waals surface area contributed by atoms with E-state index in [9.17, 15) is 14.4 Å². The lowest BCUT2D eigenvalue weighted by Crippen LogP contribution is -2.47. The van der Waals surface area contributed by atoms with Gasteiger partial charge in [-0.25, -0.2) is 0 Å². The predicted octanol–water partition coefficient (Wildman–Crippen LogP) is 1.81. The molecule has 1 aliphatic heterocycles. The van der Waals surface area contributed by atoms with Crippen LogP contribution in [0.3, 0.4) is 0 Å². The molecule has 27 heavy (non-hydrogen) atoms. The number of fused-ring (bicyclic) bond motifs is 1.